The molecule has 2 rings (SSSR count). The Morgan fingerprint density at radius 3 is 2.86 bits per heavy atom. The van der Waals surface area contributed by atoms with Crippen molar-refractivity contribution in [2.75, 3.05) is 5.75 Å². The predicted molar refractivity (Wildman–Crippen MR) is 66.2 cm³/mol. The number of rotatable bonds is 0. The van der Waals surface area contributed by atoms with Crippen LogP contribution in [0.5, 0.6) is 0 Å². The summed E-state index contributed by atoms with van der Waals surface area (Å²) in [5.41, 5.74) is 1.31. The summed E-state index contributed by atoms with van der Waals surface area (Å²) in [6.07, 6.45) is 1.98. The van der Waals surface area contributed by atoms with E-state index in [1.807, 2.05) is 20.0 Å². The number of imidazole rings is 1. The monoisotopic (exact) mass is 212 g/mol. The summed E-state index contributed by atoms with van der Waals surface area (Å²) >= 11 is 0. The summed E-state index contributed by atoms with van der Waals surface area (Å²) in [7, 11) is 0.492. The molecule has 2 heterocycles. The first-order valence-corrected chi connectivity index (χ1v) is 6.90. The summed E-state index contributed by atoms with van der Waals surface area (Å²) in [6, 6.07) is 0. The highest BCUT2D eigenvalue weighted by molar-refractivity contribution is 8.14. The van der Waals surface area contributed by atoms with Crippen LogP contribution in [0.4, 0.5) is 0 Å². The quantitative estimate of drug-likeness (QED) is 0.605. The van der Waals surface area contributed by atoms with Crippen molar-refractivity contribution in [1.82, 2.24) is 9.55 Å². The number of hydrogen-bond acceptors (Lipinski definition) is 1. The molecular weight excluding hydrogens is 192 g/mol. The normalized spacial score (nSPS) is 19.9. The van der Waals surface area contributed by atoms with Crippen LogP contribution in [0.3, 0.4) is 0 Å². The van der Waals surface area contributed by atoms with Crippen LogP contribution < -0.4 is 0 Å². The van der Waals surface area contributed by atoms with Crippen LogP contribution >= 0.6 is 10.5 Å². The standard InChI is InChI=1S/C9H14N2S.C2H6/c1-3-12-5-4-11-8(2)6-10-9(11)7-12;1-2/h3,6H,4-5,7H2,1-2H3;1-2H3. The molecule has 1 atom stereocenters. The van der Waals surface area contributed by atoms with Crippen molar-refractivity contribution in [2.45, 2.75) is 40.0 Å². The van der Waals surface area contributed by atoms with Gasteiger partial charge in [0.05, 0.1) is 0 Å². The molecular formula is C11H20N2S. The molecule has 1 aliphatic rings. The molecule has 1 unspecified atom stereocenters. The summed E-state index contributed by atoms with van der Waals surface area (Å²) in [6.45, 7) is 9.46. The Hall–Kier alpha value is -0.570. The highest BCUT2D eigenvalue weighted by Crippen LogP contribution is 2.25. The van der Waals surface area contributed by atoms with Crippen LogP contribution in [0.2, 0.25) is 0 Å². The van der Waals surface area contributed by atoms with Gasteiger partial charge in [0, 0.05) is 29.9 Å². The molecule has 14 heavy (non-hydrogen) atoms. The first-order valence-electron chi connectivity index (χ1n) is 5.28. The van der Waals surface area contributed by atoms with Gasteiger partial charge in [0.15, 0.2) is 0 Å². The SMILES string of the molecule is C/C=S1\CCn2c(C)cnc2C1.CC. The Labute approximate surface area is 89.3 Å². The maximum absolute atomic E-state index is 4.40. The van der Waals surface area contributed by atoms with Crippen LogP contribution in [-0.2, 0) is 12.3 Å². The minimum atomic E-state index is 0.492. The molecule has 2 nitrogen and oxygen atoms in total. The van der Waals surface area contributed by atoms with Gasteiger partial charge in [-0.05, 0) is 13.8 Å². The smallest absolute Gasteiger partial charge is 0.118 e. The molecule has 0 radical (unpaired) electrons. The van der Waals surface area contributed by atoms with Gasteiger partial charge in [-0.15, -0.1) is 0 Å². The molecule has 0 bridgehead atoms. The first-order chi connectivity index (χ1) is 6.81. The van der Waals surface area contributed by atoms with E-state index in [1.54, 1.807) is 0 Å². The van der Waals surface area contributed by atoms with E-state index in [9.17, 15) is 0 Å². The highest BCUT2D eigenvalue weighted by Gasteiger charge is 2.13. The average molecular weight is 212 g/mol. The van der Waals surface area contributed by atoms with E-state index >= 15 is 0 Å². The Morgan fingerprint density at radius 1 is 1.50 bits per heavy atom. The van der Waals surface area contributed by atoms with Crippen molar-refractivity contribution in [2.24, 2.45) is 0 Å². The third-order valence-electron chi connectivity index (χ3n) is 2.36. The molecule has 1 aliphatic heterocycles. The maximum Gasteiger partial charge on any atom is 0.118 e. The molecule has 0 amide bonds. The lowest BCUT2D eigenvalue weighted by Crippen LogP contribution is -2.13. The minimum absolute atomic E-state index is 0.492. The second-order valence-electron chi connectivity index (χ2n) is 3.09. The van der Waals surface area contributed by atoms with Crippen molar-refractivity contribution in [3.8, 4) is 0 Å². The van der Waals surface area contributed by atoms with Gasteiger partial charge in [-0.1, -0.05) is 19.2 Å². The molecule has 1 aromatic rings. The van der Waals surface area contributed by atoms with Gasteiger partial charge in [-0.25, -0.2) is 4.98 Å². The van der Waals surface area contributed by atoms with E-state index in [2.05, 4.69) is 28.8 Å². The number of nitrogens with zero attached hydrogens (tertiary/aromatic N) is 2. The minimum Gasteiger partial charge on any atom is -0.331 e. The van der Waals surface area contributed by atoms with Gasteiger partial charge in [0.25, 0.3) is 0 Å². The van der Waals surface area contributed by atoms with Crippen LogP contribution in [0.1, 0.15) is 32.3 Å². The number of hydrogen-bond donors (Lipinski definition) is 0. The van der Waals surface area contributed by atoms with Crippen molar-refractivity contribution in [3.05, 3.63) is 17.7 Å². The summed E-state index contributed by atoms with van der Waals surface area (Å²) < 4.78 is 2.34. The van der Waals surface area contributed by atoms with Gasteiger partial charge in [-0.3, -0.25) is 0 Å². The molecule has 0 N–H and O–H groups in total. The van der Waals surface area contributed by atoms with Crippen LogP contribution in [-0.4, -0.2) is 20.7 Å². The molecule has 1 aromatic heterocycles. The van der Waals surface area contributed by atoms with E-state index in [4.69, 9.17) is 0 Å². The van der Waals surface area contributed by atoms with Crippen molar-refractivity contribution < 1.29 is 0 Å². The lowest BCUT2D eigenvalue weighted by Gasteiger charge is -2.18. The summed E-state index contributed by atoms with van der Waals surface area (Å²) in [5, 5.41) is 2.33. The van der Waals surface area contributed by atoms with Gasteiger partial charge in [0.1, 0.15) is 5.82 Å². The second kappa shape index (κ2) is 5.35. The Morgan fingerprint density at radius 2 is 2.21 bits per heavy atom. The summed E-state index contributed by atoms with van der Waals surface area (Å²) in [5.74, 6) is 3.74. The fourth-order valence-electron chi connectivity index (χ4n) is 1.58. The maximum atomic E-state index is 4.40. The summed E-state index contributed by atoms with van der Waals surface area (Å²) in [4.78, 5) is 4.40. The van der Waals surface area contributed by atoms with E-state index in [0.29, 0.717) is 10.5 Å². The van der Waals surface area contributed by atoms with Crippen LogP contribution in [0, 0.1) is 6.92 Å². The molecule has 80 valence electrons. The van der Waals surface area contributed by atoms with E-state index in [-0.39, 0.29) is 0 Å². The molecule has 0 saturated carbocycles. The highest BCUT2D eigenvalue weighted by atomic mass is 32.2. The van der Waals surface area contributed by atoms with E-state index in [0.717, 1.165) is 12.3 Å². The lowest BCUT2D eigenvalue weighted by molar-refractivity contribution is 0.697. The molecule has 0 fully saturated rings. The van der Waals surface area contributed by atoms with E-state index < -0.39 is 0 Å². The van der Waals surface area contributed by atoms with E-state index in [1.165, 1.54) is 17.3 Å². The topological polar surface area (TPSA) is 17.8 Å². The molecule has 0 spiro atoms. The zero-order chi connectivity index (χ0) is 10.6. The van der Waals surface area contributed by atoms with Crippen LogP contribution in [0.15, 0.2) is 6.20 Å². The number of fused-ring (bicyclic) bond motifs is 1. The first kappa shape index (κ1) is 11.5. The predicted octanol–water partition coefficient (Wildman–Crippen LogP) is 2.82. The van der Waals surface area contributed by atoms with Gasteiger partial charge in [-0.2, -0.15) is 10.5 Å². The number of aromatic nitrogens is 2. The van der Waals surface area contributed by atoms with Crippen molar-refractivity contribution in [1.29, 1.82) is 0 Å². The van der Waals surface area contributed by atoms with Crippen LogP contribution in [0.25, 0.3) is 0 Å². The average Bonchev–Trinajstić information content (AvgIpc) is 2.63. The fraction of sp³-hybridized carbons (Fsp3) is 0.636. The molecule has 3 heteroatoms. The third kappa shape index (κ3) is 2.27. The van der Waals surface area contributed by atoms with Gasteiger partial charge < -0.3 is 4.57 Å². The van der Waals surface area contributed by atoms with Crippen molar-refractivity contribution in [3.63, 3.8) is 0 Å². The molecule has 0 aliphatic carbocycles. The Bertz CT molecular complexity index is 326. The van der Waals surface area contributed by atoms with Crippen molar-refractivity contribution >= 4 is 15.9 Å². The van der Waals surface area contributed by atoms with Gasteiger partial charge in [0.2, 0.25) is 0 Å². The largest absolute Gasteiger partial charge is 0.331 e. The zero-order valence-corrected chi connectivity index (χ0v) is 10.4. The third-order valence-corrected chi connectivity index (χ3v) is 4.37. The zero-order valence-electron chi connectivity index (χ0n) is 9.58. The fourth-order valence-corrected chi connectivity index (χ4v) is 3.11. The Balaban J connectivity index is 0.000000461. The molecule has 0 aromatic carbocycles. The Kier molecular flexibility index (Phi) is 4.39. The van der Waals surface area contributed by atoms with Gasteiger partial charge >= 0.3 is 0 Å². The number of aryl methyl sites for hydroxylation is 1. The second-order valence-corrected chi connectivity index (χ2v) is 5.33. The molecule has 0 saturated heterocycles. The lowest BCUT2D eigenvalue weighted by atomic mass is 10.5.